The number of carbonyl (C=O) groups is 1. The molecule has 2 aliphatic carbocycles. The average Bonchev–Trinajstić information content (AvgIpc) is 2.95. The van der Waals surface area contributed by atoms with Gasteiger partial charge in [0.2, 0.25) is 0 Å². The molecule has 0 saturated heterocycles. The molecular formula is C21H42O5Si. The fourth-order valence-electron chi connectivity index (χ4n) is 4.59. The van der Waals surface area contributed by atoms with Gasteiger partial charge in [-0.15, -0.1) is 0 Å². The first-order valence-electron chi connectivity index (χ1n) is 10.5. The van der Waals surface area contributed by atoms with Crippen LogP contribution in [0.1, 0.15) is 74.7 Å². The highest BCUT2D eigenvalue weighted by atomic mass is 28.4. The van der Waals surface area contributed by atoms with Gasteiger partial charge in [0.05, 0.1) is 5.92 Å². The normalized spacial score (nSPS) is 26.5. The van der Waals surface area contributed by atoms with E-state index in [1.807, 2.05) is 48.1 Å². The van der Waals surface area contributed by atoms with Crippen molar-refractivity contribution in [3.8, 4) is 0 Å². The lowest BCUT2D eigenvalue weighted by Crippen LogP contribution is -2.42. The molecule has 2 fully saturated rings. The molecule has 3 atom stereocenters. The summed E-state index contributed by atoms with van der Waals surface area (Å²) in [6.45, 7) is 20.2. The van der Waals surface area contributed by atoms with Crippen LogP contribution in [-0.4, -0.2) is 40.2 Å². The lowest BCUT2D eigenvalue weighted by atomic mass is 9.80. The third-order valence-electron chi connectivity index (χ3n) is 5.79. The van der Waals surface area contributed by atoms with Crippen LogP contribution >= 0.6 is 0 Å². The van der Waals surface area contributed by atoms with E-state index in [0.717, 1.165) is 12.3 Å². The number of hydrogen-bond acceptors (Lipinski definition) is 5. The number of carbonyl (C=O) groups excluding carboxylic acids is 1. The van der Waals surface area contributed by atoms with E-state index in [-0.39, 0.29) is 17.5 Å². The summed E-state index contributed by atoms with van der Waals surface area (Å²) in [6.07, 6.45) is 3.56. The summed E-state index contributed by atoms with van der Waals surface area (Å²) in [5, 5.41) is 0. The van der Waals surface area contributed by atoms with Crippen molar-refractivity contribution in [2.24, 2.45) is 23.2 Å². The molecule has 0 amide bonds. The predicted octanol–water partition coefficient (Wildman–Crippen LogP) is 5.07. The van der Waals surface area contributed by atoms with Crippen LogP contribution in [0.2, 0.25) is 6.55 Å². The van der Waals surface area contributed by atoms with Crippen LogP contribution in [0.25, 0.3) is 0 Å². The van der Waals surface area contributed by atoms with Crippen molar-refractivity contribution >= 4 is 14.8 Å². The van der Waals surface area contributed by atoms with Crippen LogP contribution in [0, 0.1) is 23.2 Å². The molecule has 2 aliphatic rings. The summed E-state index contributed by atoms with van der Waals surface area (Å²) >= 11 is 0. The SMILES string of the molecule is CC(C)(C)OC(=O)C1CC2CCC1C2(C)C.CCO[Si](C)(OCC)OCC. The van der Waals surface area contributed by atoms with Crippen LogP contribution in [-0.2, 0) is 22.8 Å². The van der Waals surface area contributed by atoms with Crippen molar-refractivity contribution in [2.45, 2.75) is 86.8 Å². The van der Waals surface area contributed by atoms with Gasteiger partial charge in [0, 0.05) is 26.4 Å². The minimum atomic E-state index is -2.25. The number of ether oxygens (including phenoxy) is 1. The zero-order chi connectivity index (χ0) is 20.9. The van der Waals surface area contributed by atoms with Crippen molar-refractivity contribution in [3.05, 3.63) is 0 Å². The fraction of sp³-hybridized carbons (Fsp3) is 0.952. The number of esters is 1. The smallest absolute Gasteiger partial charge is 0.460 e. The Morgan fingerprint density at radius 1 is 1.00 bits per heavy atom. The van der Waals surface area contributed by atoms with Crippen molar-refractivity contribution < 1.29 is 22.8 Å². The number of rotatable bonds is 7. The molecule has 0 N–H and O–H groups in total. The Kier molecular flexibility index (Phi) is 8.98. The zero-order valence-corrected chi connectivity index (χ0v) is 20.0. The Hall–Kier alpha value is -0.433. The highest BCUT2D eigenvalue weighted by Crippen LogP contribution is 2.60. The minimum Gasteiger partial charge on any atom is -0.460 e. The van der Waals surface area contributed by atoms with Crippen molar-refractivity contribution in [2.75, 3.05) is 19.8 Å². The molecule has 0 aliphatic heterocycles. The van der Waals surface area contributed by atoms with Gasteiger partial charge in [-0.05, 0) is 78.1 Å². The van der Waals surface area contributed by atoms with Crippen molar-refractivity contribution in [1.82, 2.24) is 0 Å². The first kappa shape index (κ1) is 24.6. The summed E-state index contributed by atoms with van der Waals surface area (Å²) < 4.78 is 21.7. The maximum atomic E-state index is 12.1. The third kappa shape index (κ3) is 6.84. The second-order valence-corrected chi connectivity index (χ2v) is 11.8. The molecule has 160 valence electrons. The molecule has 2 saturated carbocycles. The van der Waals surface area contributed by atoms with E-state index in [0.29, 0.717) is 31.2 Å². The molecule has 0 heterocycles. The van der Waals surface area contributed by atoms with Gasteiger partial charge < -0.3 is 18.0 Å². The van der Waals surface area contributed by atoms with E-state index in [4.69, 9.17) is 18.0 Å². The van der Waals surface area contributed by atoms with Crippen molar-refractivity contribution in [1.29, 1.82) is 0 Å². The zero-order valence-electron chi connectivity index (χ0n) is 19.0. The Morgan fingerprint density at radius 2 is 1.48 bits per heavy atom. The quantitative estimate of drug-likeness (QED) is 0.440. The average molecular weight is 403 g/mol. The monoisotopic (exact) mass is 402 g/mol. The summed E-state index contributed by atoms with van der Waals surface area (Å²) in [6, 6.07) is 0. The second kappa shape index (κ2) is 9.86. The molecule has 2 bridgehead atoms. The van der Waals surface area contributed by atoms with Gasteiger partial charge in [0.15, 0.2) is 0 Å². The first-order valence-corrected chi connectivity index (χ1v) is 12.8. The lowest BCUT2D eigenvalue weighted by Gasteiger charge is -2.28. The van der Waals surface area contributed by atoms with E-state index < -0.39 is 8.80 Å². The summed E-state index contributed by atoms with van der Waals surface area (Å²) in [5.41, 5.74) is 0.00459. The van der Waals surface area contributed by atoms with Crippen LogP contribution in [0.3, 0.4) is 0 Å². The molecule has 6 heteroatoms. The van der Waals surface area contributed by atoms with Gasteiger partial charge in [-0.25, -0.2) is 0 Å². The number of hydrogen-bond donors (Lipinski definition) is 0. The van der Waals surface area contributed by atoms with Gasteiger partial charge in [0.25, 0.3) is 0 Å². The Labute approximate surface area is 167 Å². The van der Waals surface area contributed by atoms with Gasteiger partial charge in [0.1, 0.15) is 5.60 Å². The molecule has 3 unspecified atom stereocenters. The van der Waals surface area contributed by atoms with E-state index in [9.17, 15) is 4.79 Å². The van der Waals surface area contributed by atoms with Gasteiger partial charge >= 0.3 is 14.8 Å². The molecule has 0 aromatic heterocycles. The number of fused-ring (bicyclic) bond motifs is 2. The maximum absolute atomic E-state index is 12.1. The molecule has 27 heavy (non-hydrogen) atoms. The molecule has 0 spiro atoms. The second-order valence-electron chi connectivity index (χ2n) is 9.24. The van der Waals surface area contributed by atoms with Crippen LogP contribution in [0.15, 0.2) is 0 Å². The molecule has 0 radical (unpaired) electrons. The van der Waals surface area contributed by atoms with Gasteiger partial charge in [-0.2, -0.15) is 0 Å². The van der Waals surface area contributed by atoms with Crippen LogP contribution in [0.5, 0.6) is 0 Å². The molecular weight excluding hydrogens is 360 g/mol. The third-order valence-corrected chi connectivity index (χ3v) is 8.23. The fourth-order valence-corrected chi connectivity index (χ4v) is 6.41. The highest BCUT2D eigenvalue weighted by molar-refractivity contribution is 6.59. The van der Waals surface area contributed by atoms with Crippen molar-refractivity contribution in [3.63, 3.8) is 0 Å². The van der Waals surface area contributed by atoms with Gasteiger partial charge in [-0.3, -0.25) is 4.79 Å². The van der Waals surface area contributed by atoms with Crippen LogP contribution < -0.4 is 0 Å². The first-order chi connectivity index (χ1) is 12.4. The van der Waals surface area contributed by atoms with E-state index in [1.54, 1.807) is 0 Å². The highest BCUT2D eigenvalue weighted by Gasteiger charge is 2.56. The van der Waals surface area contributed by atoms with E-state index in [2.05, 4.69) is 13.8 Å². The standard InChI is InChI=1S/C14H24O2.C7H18O3Si/c1-13(2,3)16-12(15)10-8-9-6-7-11(10)14(9,4)5;1-5-8-11(4,9-6-2)10-7-3/h9-11H,6-8H2,1-5H3;5-7H2,1-4H3. The van der Waals surface area contributed by atoms with Crippen LogP contribution in [0.4, 0.5) is 0 Å². The molecule has 5 nitrogen and oxygen atoms in total. The minimum absolute atomic E-state index is 0.0350. The maximum Gasteiger partial charge on any atom is 0.497 e. The van der Waals surface area contributed by atoms with E-state index in [1.165, 1.54) is 12.8 Å². The van der Waals surface area contributed by atoms with E-state index >= 15 is 0 Å². The molecule has 0 aromatic carbocycles. The summed E-state index contributed by atoms with van der Waals surface area (Å²) in [4.78, 5) is 12.1. The summed E-state index contributed by atoms with van der Waals surface area (Å²) in [5.74, 6) is 1.48. The van der Waals surface area contributed by atoms with Gasteiger partial charge in [-0.1, -0.05) is 13.8 Å². The topological polar surface area (TPSA) is 54.0 Å². The predicted molar refractivity (Wildman–Crippen MR) is 110 cm³/mol. The lowest BCUT2D eigenvalue weighted by molar-refractivity contribution is -0.162. The largest absolute Gasteiger partial charge is 0.497 e. The molecule has 2 rings (SSSR count). The Bertz CT molecular complexity index is 455. The summed E-state index contributed by atoms with van der Waals surface area (Å²) in [7, 11) is -2.25. The Morgan fingerprint density at radius 3 is 1.78 bits per heavy atom. The molecule has 0 aromatic rings. The Balaban J connectivity index is 0.000000293.